The van der Waals surface area contributed by atoms with Crippen LogP contribution in [0.1, 0.15) is 10.5 Å². The molecule has 4 heterocycles. The van der Waals surface area contributed by atoms with Crippen molar-refractivity contribution in [1.82, 2.24) is 24.4 Å². The number of thiazole rings is 1. The van der Waals surface area contributed by atoms with Gasteiger partial charge in [-0.3, -0.25) is 14.3 Å². The SMILES string of the molecule is Cn1c(=O)n(-c2nc(C(=O)Nc3cnccc3N3CCNCC3)cs2)c2ccc(OCCO)cc21. The summed E-state index contributed by atoms with van der Waals surface area (Å²) in [7, 11) is 1.66. The number of hydrogen-bond acceptors (Lipinski definition) is 9. The highest BCUT2D eigenvalue weighted by Crippen LogP contribution is 2.27. The fourth-order valence-corrected chi connectivity index (χ4v) is 4.89. The van der Waals surface area contributed by atoms with E-state index in [-0.39, 0.29) is 30.5 Å². The van der Waals surface area contributed by atoms with Gasteiger partial charge in [0.25, 0.3) is 5.91 Å². The molecule has 1 aromatic carbocycles. The second-order valence-corrected chi connectivity index (χ2v) is 8.84. The van der Waals surface area contributed by atoms with Crippen molar-refractivity contribution in [2.75, 3.05) is 49.6 Å². The molecular formula is C23H25N7O4S. The van der Waals surface area contributed by atoms with Gasteiger partial charge in [-0.15, -0.1) is 11.3 Å². The third kappa shape index (κ3) is 4.50. The van der Waals surface area contributed by atoms with Crippen molar-refractivity contribution >= 4 is 39.7 Å². The summed E-state index contributed by atoms with van der Waals surface area (Å²) in [5, 5.41) is 17.3. The van der Waals surface area contributed by atoms with Gasteiger partial charge in [0.2, 0.25) is 0 Å². The lowest BCUT2D eigenvalue weighted by Gasteiger charge is -2.30. The number of anilines is 2. The normalized spacial score (nSPS) is 13.8. The summed E-state index contributed by atoms with van der Waals surface area (Å²) >= 11 is 1.21. The van der Waals surface area contributed by atoms with Gasteiger partial charge in [-0.1, -0.05) is 0 Å². The van der Waals surface area contributed by atoms with Crippen LogP contribution in [0, 0.1) is 0 Å². The first-order chi connectivity index (χ1) is 17.1. The maximum Gasteiger partial charge on any atom is 0.335 e. The molecule has 1 aliphatic rings. The molecule has 12 heteroatoms. The first-order valence-corrected chi connectivity index (χ1v) is 12.1. The Balaban J connectivity index is 1.42. The van der Waals surface area contributed by atoms with Crippen LogP contribution in [-0.4, -0.2) is 69.5 Å². The number of hydrogen-bond donors (Lipinski definition) is 3. The average Bonchev–Trinajstić information content (AvgIpc) is 3.47. The lowest BCUT2D eigenvalue weighted by molar-refractivity contribution is 0.102. The molecule has 0 aliphatic carbocycles. The zero-order chi connectivity index (χ0) is 24.4. The first kappa shape index (κ1) is 23.0. The number of benzene rings is 1. The molecule has 1 fully saturated rings. The number of amides is 1. The molecule has 4 aromatic rings. The van der Waals surface area contributed by atoms with E-state index in [0.717, 1.165) is 31.9 Å². The highest BCUT2D eigenvalue weighted by molar-refractivity contribution is 7.12. The highest BCUT2D eigenvalue weighted by Gasteiger charge is 2.20. The van der Waals surface area contributed by atoms with E-state index in [1.54, 1.807) is 43.0 Å². The predicted molar refractivity (Wildman–Crippen MR) is 134 cm³/mol. The number of nitrogens with one attached hydrogen (secondary N) is 2. The number of aromatic nitrogens is 4. The van der Waals surface area contributed by atoms with Crippen molar-refractivity contribution in [2.45, 2.75) is 0 Å². The number of piperazine rings is 1. The quantitative estimate of drug-likeness (QED) is 0.349. The van der Waals surface area contributed by atoms with Crippen LogP contribution in [0.4, 0.5) is 11.4 Å². The molecule has 0 radical (unpaired) electrons. The first-order valence-electron chi connectivity index (χ1n) is 11.2. The van der Waals surface area contributed by atoms with Crippen LogP contribution in [-0.2, 0) is 7.05 Å². The minimum Gasteiger partial charge on any atom is -0.491 e. The fourth-order valence-electron chi connectivity index (χ4n) is 4.08. The van der Waals surface area contributed by atoms with Crippen molar-refractivity contribution in [3.63, 3.8) is 0 Å². The van der Waals surface area contributed by atoms with Crippen LogP contribution in [0.5, 0.6) is 5.75 Å². The molecule has 1 saturated heterocycles. The van der Waals surface area contributed by atoms with Crippen molar-refractivity contribution in [3.05, 3.63) is 58.2 Å². The van der Waals surface area contributed by atoms with Crippen LogP contribution in [0.15, 0.2) is 46.8 Å². The number of ether oxygens (including phenoxy) is 1. The molecule has 3 N–H and O–H groups in total. The number of rotatable bonds is 7. The van der Waals surface area contributed by atoms with Gasteiger partial charge in [-0.2, -0.15) is 0 Å². The molecule has 3 aromatic heterocycles. The number of fused-ring (bicyclic) bond motifs is 1. The molecule has 35 heavy (non-hydrogen) atoms. The van der Waals surface area contributed by atoms with E-state index in [4.69, 9.17) is 9.84 Å². The van der Waals surface area contributed by atoms with Crippen LogP contribution in [0.3, 0.4) is 0 Å². The molecule has 182 valence electrons. The summed E-state index contributed by atoms with van der Waals surface area (Å²) in [5.41, 5.74) is 2.76. The standard InChI is InChI=1S/C23H25N7O4S/c1-28-20-12-15(34-11-10-31)2-3-19(20)30(23(28)33)22-27-17(14-35-22)21(32)26-16-13-25-5-4-18(16)29-8-6-24-7-9-29/h2-5,12-14,24,31H,6-11H2,1H3,(H,26,32). The maximum absolute atomic E-state index is 13.0. The lowest BCUT2D eigenvalue weighted by Crippen LogP contribution is -2.43. The van der Waals surface area contributed by atoms with Gasteiger partial charge < -0.3 is 25.4 Å². The van der Waals surface area contributed by atoms with Gasteiger partial charge in [0.05, 0.1) is 35.2 Å². The number of aliphatic hydroxyl groups is 1. The monoisotopic (exact) mass is 495 g/mol. The van der Waals surface area contributed by atoms with Crippen molar-refractivity contribution in [3.8, 4) is 10.9 Å². The zero-order valence-corrected chi connectivity index (χ0v) is 19.9. The number of aryl methyl sites for hydroxylation is 1. The second kappa shape index (κ2) is 9.86. The molecule has 0 bridgehead atoms. The highest BCUT2D eigenvalue weighted by atomic mass is 32.1. The molecular weight excluding hydrogens is 470 g/mol. The summed E-state index contributed by atoms with van der Waals surface area (Å²) in [5.74, 6) is 0.181. The largest absolute Gasteiger partial charge is 0.491 e. The summed E-state index contributed by atoms with van der Waals surface area (Å²) in [6, 6.07) is 7.13. The Labute approximate surface area is 204 Å². The Bertz CT molecular complexity index is 1420. The van der Waals surface area contributed by atoms with Gasteiger partial charge in [-0.05, 0) is 18.2 Å². The smallest absolute Gasteiger partial charge is 0.335 e. The minimum absolute atomic E-state index is 0.0995. The Hall–Kier alpha value is -3.74. The molecule has 1 amide bonds. The third-order valence-corrected chi connectivity index (χ3v) is 6.63. The van der Waals surface area contributed by atoms with Gasteiger partial charge in [0.15, 0.2) is 5.13 Å². The Morgan fingerprint density at radius 2 is 2.09 bits per heavy atom. The molecule has 11 nitrogen and oxygen atoms in total. The van der Waals surface area contributed by atoms with E-state index < -0.39 is 0 Å². The van der Waals surface area contributed by atoms with Crippen molar-refractivity contribution in [1.29, 1.82) is 0 Å². The molecule has 0 saturated carbocycles. The molecule has 1 aliphatic heterocycles. The Morgan fingerprint density at radius 3 is 2.89 bits per heavy atom. The lowest BCUT2D eigenvalue weighted by atomic mass is 10.2. The number of pyridine rings is 1. The van der Waals surface area contributed by atoms with Gasteiger partial charge in [0, 0.05) is 50.9 Å². The van der Waals surface area contributed by atoms with Gasteiger partial charge in [0.1, 0.15) is 18.1 Å². The molecule has 5 rings (SSSR count). The summed E-state index contributed by atoms with van der Waals surface area (Å²) in [6.45, 7) is 3.49. The van der Waals surface area contributed by atoms with Crippen LogP contribution in [0.25, 0.3) is 16.2 Å². The van der Waals surface area contributed by atoms with Crippen LogP contribution < -0.4 is 26.0 Å². The number of aliphatic hydroxyl groups excluding tert-OH is 1. The number of imidazole rings is 1. The summed E-state index contributed by atoms with van der Waals surface area (Å²) in [4.78, 5) is 36.9. The fraction of sp³-hybridized carbons (Fsp3) is 0.304. The average molecular weight is 496 g/mol. The van der Waals surface area contributed by atoms with Crippen molar-refractivity contribution < 1.29 is 14.6 Å². The van der Waals surface area contributed by atoms with E-state index in [1.165, 1.54) is 20.5 Å². The van der Waals surface area contributed by atoms with Crippen LogP contribution in [0.2, 0.25) is 0 Å². The van der Waals surface area contributed by atoms with E-state index in [1.807, 2.05) is 6.07 Å². The van der Waals surface area contributed by atoms with E-state index in [2.05, 4.69) is 25.5 Å². The van der Waals surface area contributed by atoms with Crippen molar-refractivity contribution in [2.24, 2.45) is 7.05 Å². The van der Waals surface area contributed by atoms with E-state index >= 15 is 0 Å². The maximum atomic E-state index is 13.0. The van der Waals surface area contributed by atoms with E-state index in [0.29, 0.717) is 27.6 Å². The zero-order valence-electron chi connectivity index (χ0n) is 19.1. The van der Waals surface area contributed by atoms with E-state index in [9.17, 15) is 9.59 Å². The third-order valence-electron chi connectivity index (χ3n) is 5.81. The predicted octanol–water partition coefficient (Wildman–Crippen LogP) is 1.21. The van der Waals surface area contributed by atoms with Gasteiger partial charge in [-0.25, -0.2) is 14.3 Å². The topological polar surface area (TPSA) is 127 Å². The Kier molecular flexibility index (Phi) is 6.49. The van der Waals surface area contributed by atoms with Crippen LogP contribution >= 0.6 is 11.3 Å². The summed E-state index contributed by atoms with van der Waals surface area (Å²) in [6.07, 6.45) is 3.34. The molecule has 0 unspecified atom stereocenters. The second-order valence-electron chi connectivity index (χ2n) is 8.00. The Morgan fingerprint density at radius 1 is 1.26 bits per heavy atom. The minimum atomic E-state index is -0.371. The molecule has 0 atom stereocenters. The molecule has 0 spiro atoms. The summed E-state index contributed by atoms with van der Waals surface area (Å²) < 4.78 is 8.44. The number of nitrogens with zero attached hydrogens (tertiary/aromatic N) is 5. The number of carbonyl (C=O) groups is 1. The number of carbonyl (C=O) groups excluding carboxylic acids is 1. The van der Waals surface area contributed by atoms with Gasteiger partial charge >= 0.3 is 5.69 Å².